The van der Waals surface area contributed by atoms with E-state index in [-0.39, 0.29) is 11.1 Å². The first-order chi connectivity index (χ1) is 8.56. The number of aryl methyl sites for hydroxylation is 1. The summed E-state index contributed by atoms with van der Waals surface area (Å²) in [7, 11) is 0. The van der Waals surface area contributed by atoms with Crippen LogP contribution in [0, 0.1) is 6.92 Å². The zero-order valence-corrected chi connectivity index (χ0v) is 9.80. The van der Waals surface area contributed by atoms with Gasteiger partial charge in [-0.1, -0.05) is 24.8 Å². The molecule has 0 bridgehead atoms. The van der Waals surface area contributed by atoms with Crippen molar-refractivity contribution in [3.05, 3.63) is 58.0 Å². The fraction of sp³-hybridized carbons (Fsp3) is 0.0769. The minimum atomic E-state index is -1.08. The minimum Gasteiger partial charge on any atom is -0.478 e. The molecule has 2 N–H and O–H groups in total. The van der Waals surface area contributed by atoms with Crippen molar-refractivity contribution in [3.8, 4) is 5.69 Å². The molecule has 0 aliphatic rings. The second-order valence-electron chi connectivity index (χ2n) is 3.82. The third-order valence-electron chi connectivity index (χ3n) is 2.70. The van der Waals surface area contributed by atoms with Gasteiger partial charge >= 0.3 is 5.97 Å². The third kappa shape index (κ3) is 1.75. The fourth-order valence-corrected chi connectivity index (χ4v) is 1.82. The summed E-state index contributed by atoms with van der Waals surface area (Å²) in [6, 6.07) is 6.32. The standard InChI is InChI=1S/C13H12N2O3/c1-3-9-8(2)14-15(12(9)16)11-7-5-4-6-10(11)13(17)18/h3-7,14H,1H2,2H3,(H,17,18). The van der Waals surface area contributed by atoms with Gasteiger partial charge in [-0.05, 0) is 19.1 Å². The predicted molar refractivity (Wildman–Crippen MR) is 68.2 cm³/mol. The lowest BCUT2D eigenvalue weighted by atomic mass is 10.2. The summed E-state index contributed by atoms with van der Waals surface area (Å²) >= 11 is 0. The number of benzene rings is 1. The summed E-state index contributed by atoms with van der Waals surface area (Å²) in [5.41, 5.74) is 1.16. The smallest absolute Gasteiger partial charge is 0.337 e. The van der Waals surface area contributed by atoms with Crippen LogP contribution in [0.1, 0.15) is 21.6 Å². The Kier molecular flexibility index (Phi) is 2.89. The average molecular weight is 244 g/mol. The number of aromatic amines is 1. The summed E-state index contributed by atoms with van der Waals surface area (Å²) in [5.74, 6) is -1.08. The number of aromatic carboxylic acids is 1. The highest BCUT2D eigenvalue weighted by atomic mass is 16.4. The van der Waals surface area contributed by atoms with Crippen LogP contribution in [-0.2, 0) is 0 Å². The Hall–Kier alpha value is -2.56. The number of nitrogens with one attached hydrogen (secondary N) is 1. The maximum absolute atomic E-state index is 12.1. The van der Waals surface area contributed by atoms with Crippen molar-refractivity contribution < 1.29 is 9.90 Å². The zero-order valence-electron chi connectivity index (χ0n) is 9.80. The highest BCUT2D eigenvalue weighted by Gasteiger charge is 2.15. The topological polar surface area (TPSA) is 75.1 Å². The normalized spacial score (nSPS) is 10.3. The molecule has 92 valence electrons. The van der Waals surface area contributed by atoms with E-state index in [1.165, 1.54) is 16.8 Å². The van der Waals surface area contributed by atoms with Crippen LogP contribution >= 0.6 is 0 Å². The summed E-state index contributed by atoms with van der Waals surface area (Å²) in [6.07, 6.45) is 1.45. The van der Waals surface area contributed by atoms with E-state index in [4.69, 9.17) is 5.11 Å². The highest BCUT2D eigenvalue weighted by Crippen LogP contribution is 2.13. The fourth-order valence-electron chi connectivity index (χ4n) is 1.82. The molecule has 1 heterocycles. The van der Waals surface area contributed by atoms with Crippen molar-refractivity contribution in [2.45, 2.75) is 6.92 Å². The van der Waals surface area contributed by atoms with Gasteiger partial charge < -0.3 is 5.11 Å². The Morgan fingerprint density at radius 3 is 2.67 bits per heavy atom. The number of carbonyl (C=O) groups is 1. The maximum atomic E-state index is 12.1. The lowest BCUT2D eigenvalue weighted by molar-refractivity contribution is 0.0696. The van der Waals surface area contributed by atoms with Crippen molar-refractivity contribution >= 4 is 12.0 Å². The number of hydrogen-bond donors (Lipinski definition) is 2. The molecule has 2 aromatic rings. The van der Waals surface area contributed by atoms with Crippen LogP contribution in [0.2, 0.25) is 0 Å². The number of nitrogens with zero attached hydrogens (tertiary/aromatic N) is 1. The molecule has 0 unspecified atom stereocenters. The van der Waals surface area contributed by atoms with Crippen LogP contribution in [0.15, 0.2) is 35.6 Å². The molecule has 2 rings (SSSR count). The van der Waals surface area contributed by atoms with Crippen molar-refractivity contribution in [1.29, 1.82) is 0 Å². The van der Waals surface area contributed by atoms with Crippen LogP contribution in [-0.4, -0.2) is 20.9 Å². The van der Waals surface area contributed by atoms with Crippen molar-refractivity contribution in [2.75, 3.05) is 0 Å². The van der Waals surface area contributed by atoms with Gasteiger partial charge in [-0.15, -0.1) is 0 Å². The molecular weight excluding hydrogens is 232 g/mol. The molecule has 0 spiro atoms. The van der Waals surface area contributed by atoms with Crippen LogP contribution in [0.25, 0.3) is 11.8 Å². The van der Waals surface area contributed by atoms with E-state index in [9.17, 15) is 9.59 Å². The van der Waals surface area contributed by atoms with Crippen molar-refractivity contribution in [1.82, 2.24) is 9.78 Å². The quantitative estimate of drug-likeness (QED) is 0.864. The lowest BCUT2D eigenvalue weighted by Crippen LogP contribution is -2.18. The maximum Gasteiger partial charge on any atom is 0.337 e. The summed E-state index contributed by atoms with van der Waals surface area (Å²) < 4.78 is 1.22. The van der Waals surface area contributed by atoms with E-state index in [0.29, 0.717) is 16.9 Å². The second kappa shape index (κ2) is 4.37. The average Bonchev–Trinajstić information content (AvgIpc) is 2.64. The van der Waals surface area contributed by atoms with E-state index in [1.54, 1.807) is 25.1 Å². The third-order valence-corrected chi connectivity index (χ3v) is 2.70. The van der Waals surface area contributed by atoms with Crippen LogP contribution in [0.3, 0.4) is 0 Å². The Labute approximate surface area is 103 Å². The van der Waals surface area contributed by atoms with Crippen molar-refractivity contribution in [3.63, 3.8) is 0 Å². The van der Waals surface area contributed by atoms with Gasteiger partial charge in [0.1, 0.15) is 0 Å². The van der Waals surface area contributed by atoms with Gasteiger partial charge in [-0.2, -0.15) is 0 Å². The van der Waals surface area contributed by atoms with Gasteiger partial charge in [0.25, 0.3) is 5.56 Å². The van der Waals surface area contributed by atoms with E-state index in [1.807, 2.05) is 0 Å². The number of H-pyrrole nitrogens is 1. The molecular formula is C13H12N2O3. The van der Waals surface area contributed by atoms with Gasteiger partial charge in [0, 0.05) is 5.69 Å². The van der Waals surface area contributed by atoms with Gasteiger partial charge in [0.05, 0.1) is 16.8 Å². The molecule has 5 nitrogen and oxygen atoms in total. The predicted octanol–water partition coefficient (Wildman–Crippen LogP) is 1.82. The molecule has 0 fully saturated rings. The minimum absolute atomic E-state index is 0.0662. The molecule has 18 heavy (non-hydrogen) atoms. The first-order valence-electron chi connectivity index (χ1n) is 5.33. The Bertz CT molecular complexity index is 680. The lowest BCUT2D eigenvalue weighted by Gasteiger charge is -2.05. The number of carboxylic acids is 1. The number of para-hydroxylation sites is 1. The Morgan fingerprint density at radius 2 is 2.11 bits per heavy atom. The Balaban J connectivity index is 2.74. The molecule has 1 aromatic heterocycles. The second-order valence-corrected chi connectivity index (χ2v) is 3.82. The van der Waals surface area contributed by atoms with E-state index in [0.717, 1.165) is 0 Å². The molecule has 1 aromatic carbocycles. The first-order valence-corrected chi connectivity index (χ1v) is 5.33. The summed E-state index contributed by atoms with van der Waals surface area (Å²) in [4.78, 5) is 23.2. The number of hydrogen-bond acceptors (Lipinski definition) is 2. The largest absolute Gasteiger partial charge is 0.478 e. The molecule has 0 radical (unpaired) electrons. The molecule has 5 heteroatoms. The van der Waals surface area contributed by atoms with Gasteiger partial charge in [0.2, 0.25) is 0 Å². The first kappa shape index (κ1) is 11.9. The summed E-state index contributed by atoms with van der Waals surface area (Å²) in [5, 5.41) is 11.9. The van der Waals surface area contributed by atoms with Gasteiger partial charge in [-0.3, -0.25) is 9.89 Å². The SMILES string of the molecule is C=Cc1c(C)[nH]n(-c2ccccc2C(=O)O)c1=O. The number of carboxylic acid groups (broad SMARTS) is 1. The van der Waals surface area contributed by atoms with Crippen LogP contribution in [0.4, 0.5) is 0 Å². The van der Waals surface area contributed by atoms with Gasteiger partial charge in [-0.25, -0.2) is 9.48 Å². The van der Waals surface area contributed by atoms with Crippen molar-refractivity contribution in [2.24, 2.45) is 0 Å². The van der Waals surface area contributed by atoms with E-state index < -0.39 is 5.97 Å². The Morgan fingerprint density at radius 1 is 1.44 bits per heavy atom. The highest BCUT2D eigenvalue weighted by molar-refractivity contribution is 5.91. The molecule has 0 amide bonds. The molecule has 0 saturated carbocycles. The van der Waals surface area contributed by atoms with Gasteiger partial charge in [0.15, 0.2) is 0 Å². The number of rotatable bonds is 3. The van der Waals surface area contributed by atoms with E-state index in [2.05, 4.69) is 11.7 Å². The molecule has 0 atom stereocenters. The molecule has 0 saturated heterocycles. The molecule has 0 aliphatic heterocycles. The number of aromatic nitrogens is 2. The molecule has 0 aliphatic carbocycles. The van der Waals surface area contributed by atoms with Crippen LogP contribution < -0.4 is 5.56 Å². The summed E-state index contributed by atoms with van der Waals surface area (Å²) in [6.45, 7) is 5.30. The van der Waals surface area contributed by atoms with Crippen LogP contribution in [0.5, 0.6) is 0 Å². The van der Waals surface area contributed by atoms with E-state index >= 15 is 0 Å². The monoisotopic (exact) mass is 244 g/mol. The zero-order chi connectivity index (χ0) is 13.3.